The first-order valence-corrected chi connectivity index (χ1v) is 8.84. The van der Waals surface area contributed by atoms with Gasteiger partial charge in [0.25, 0.3) is 0 Å². The van der Waals surface area contributed by atoms with Crippen molar-refractivity contribution < 1.29 is 4.79 Å². The first-order valence-electron chi connectivity index (χ1n) is 7.62. The summed E-state index contributed by atoms with van der Waals surface area (Å²) >= 11 is 1.73. The van der Waals surface area contributed by atoms with Crippen molar-refractivity contribution in [2.24, 2.45) is 0 Å². The van der Waals surface area contributed by atoms with Crippen molar-refractivity contribution in [3.05, 3.63) is 65.7 Å². The minimum absolute atomic E-state index is 0.0967. The maximum atomic E-state index is 12.7. The Labute approximate surface area is 143 Å². The van der Waals surface area contributed by atoms with Crippen molar-refractivity contribution in [2.45, 2.75) is 17.5 Å². The third kappa shape index (κ3) is 4.60. The van der Waals surface area contributed by atoms with Crippen LogP contribution in [0, 0.1) is 0 Å². The van der Waals surface area contributed by atoms with Crippen molar-refractivity contribution in [1.29, 1.82) is 0 Å². The Balaban J connectivity index is 2.22. The zero-order valence-corrected chi connectivity index (χ0v) is 15.0. The molecule has 0 spiro atoms. The molecule has 4 heteroatoms. The normalized spacial score (nSPS) is 12.2. The predicted octanol–water partition coefficient (Wildman–Crippen LogP) is 3.67. The third-order valence-electron chi connectivity index (χ3n) is 3.82. The number of rotatable bonds is 6. The van der Waals surface area contributed by atoms with Gasteiger partial charge >= 0.3 is 0 Å². The lowest BCUT2D eigenvalue weighted by Gasteiger charge is -2.29. The lowest BCUT2D eigenvalue weighted by Crippen LogP contribution is -2.37. The van der Waals surface area contributed by atoms with E-state index in [2.05, 4.69) is 35.4 Å². The van der Waals surface area contributed by atoms with Gasteiger partial charge < -0.3 is 4.90 Å². The maximum absolute atomic E-state index is 12.7. The van der Waals surface area contributed by atoms with E-state index < -0.39 is 0 Å². The van der Waals surface area contributed by atoms with E-state index in [-0.39, 0.29) is 11.9 Å². The van der Waals surface area contributed by atoms with Crippen LogP contribution in [0.25, 0.3) is 0 Å². The second-order valence-electron chi connectivity index (χ2n) is 5.81. The van der Waals surface area contributed by atoms with Gasteiger partial charge in [0.05, 0.1) is 0 Å². The molecule has 1 atom stereocenters. The molecule has 122 valence electrons. The average Bonchev–Trinajstić information content (AvgIpc) is 2.56. The van der Waals surface area contributed by atoms with Gasteiger partial charge in [-0.25, -0.2) is 0 Å². The molecule has 0 bridgehead atoms. The number of hydrogen-bond donors (Lipinski definition) is 0. The summed E-state index contributed by atoms with van der Waals surface area (Å²) in [7, 11) is 5.61. The molecule has 0 fully saturated rings. The number of hydrogen-bond acceptors (Lipinski definition) is 3. The fourth-order valence-electron chi connectivity index (χ4n) is 2.58. The van der Waals surface area contributed by atoms with E-state index in [1.165, 1.54) is 10.5 Å². The van der Waals surface area contributed by atoms with Gasteiger partial charge in [-0.3, -0.25) is 9.69 Å². The molecule has 0 N–H and O–H groups in total. The lowest BCUT2D eigenvalue weighted by atomic mass is 10.0. The topological polar surface area (TPSA) is 23.6 Å². The second kappa shape index (κ2) is 8.18. The molecule has 0 aliphatic heterocycles. The van der Waals surface area contributed by atoms with Gasteiger partial charge in [0.15, 0.2) is 0 Å². The zero-order valence-electron chi connectivity index (χ0n) is 14.2. The van der Waals surface area contributed by atoms with Crippen molar-refractivity contribution in [3.8, 4) is 0 Å². The molecule has 0 unspecified atom stereocenters. The summed E-state index contributed by atoms with van der Waals surface area (Å²) < 4.78 is 0. The number of carbonyl (C=O) groups excluding carboxylic acids is 1. The summed E-state index contributed by atoms with van der Waals surface area (Å²) in [5, 5.41) is 0. The van der Waals surface area contributed by atoms with Crippen molar-refractivity contribution in [3.63, 3.8) is 0 Å². The fourth-order valence-corrected chi connectivity index (χ4v) is 2.98. The Morgan fingerprint density at radius 2 is 1.61 bits per heavy atom. The van der Waals surface area contributed by atoms with E-state index in [1.54, 1.807) is 30.8 Å². The van der Waals surface area contributed by atoms with Gasteiger partial charge in [-0.2, -0.15) is 0 Å². The van der Waals surface area contributed by atoms with Gasteiger partial charge in [0.1, 0.15) is 6.04 Å². The summed E-state index contributed by atoms with van der Waals surface area (Å²) in [4.78, 5) is 17.7. The second-order valence-corrected chi connectivity index (χ2v) is 6.69. The van der Waals surface area contributed by atoms with E-state index in [9.17, 15) is 4.79 Å². The molecule has 23 heavy (non-hydrogen) atoms. The number of carbonyl (C=O) groups is 1. The molecule has 2 aromatic rings. The largest absolute Gasteiger partial charge is 0.347 e. The minimum atomic E-state index is -0.272. The van der Waals surface area contributed by atoms with Crippen LogP contribution in [0.4, 0.5) is 0 Å². The molecule has 0 aliphatic carbocycles. The van der Waals surface area contributed by atoms with Crippen LogP contribution in [0.15, 0.2) is 59.5 Å². The number of benzene rings is 2. The summed E-state index contributed by atoms with van der Waals surface area (Å²) in [5.74, 6) is 0.0967. The molecule has 2 rings (SSSR count). The number of nitrogens with zero attached hydrogens (tertiary/aromatic N) is 2. The van der Waals surface area contributed by atoms with E-state index in [1.807, 2.05) is 37.4 Å². The third-order valence-corrected chi connectivity index (χ3v) is 4.57. The quantitative estimate of drug-likeness (QED) is 0.756. The molecule has 0 heterocycles. The number of amides is 1. The minimum Gasteiger partial charge on any atom is -0.347 e. The maximum Gasteiger partial charge on any atom is 0.244 e. The molecule has 3 nitrogen and oxygen atoms in total. The molecule has 0 aromatic heterocycles. The lowest BCUT2D eigenvalue weighted by molar-refractivity contribution is -0.134. The van der Waals surface area contributed by atoms with E-state index in [0.717, 1.165) is 12.1 Å². The van der Waals surface area contributed by atoms with Crippen LogP contribution in [0.3, 0.4) is 0 Å². The van der Waals surface area contributed by atoms with Crippen LogP contribution >= 0.6 is 11.8 Å². The zero-order chi connectivity index (χ0) is 16.8. The predicted molar refractivity (Wildman–Crippen MR) is 97.6 cm³/mol. The smallest absolute Gasteiger partial charge is 0.244 e. The Morgan fingerprint density at radius 1 is 1.00 bits per heavy atom. The first kappa shape index (κ1) is 17.6. The molecule has 0 saturated heterocycles. The average molecular weight is 328 g/mol. The van der Waals surface area contributed by atoms with Gasteiger partial charge in [0, 0.05) is 25.5 Å². The fraction of sp³-hybridized carbons (Fsp3) is 0.316. The highest BCUT2D eigenvalue weighted by Crippen LogP contribution is 2.24. The van der Waals surface area contributed by atoms with Crippen LogP contribution in [0.1, 0.15) is 17.2 Å². The Hall–Kier alpha value is -1.78. The summed E-state index contributed by atoms with van der Waals surface area (Å²) in [6, 6.07) is 18.2. The summed E-state index contributed by atoms with van der Waals surface area (Å²) in [5.41, 5.74) is 2.23. The van der Waals surface area contributed by atoms with Crippen molar-refractivity contribution >= 4 is 17.7 Å². The summed E-state index contributed by atoms with van der Waals surface area (Å²) in [6.45, 7) is 0.730. The highest BCUT2D eigenvalue weighted by Gasteiger charge is 2.26. The van der Waals surface area contributed by atoms with Crippen LogP contribution < -0.4 is 0 Å². The Bertz CT molecular complexity index is 626. The molecule has 1 amide bonds. The van der Waals surface area contributed by atoms with E-state index in [4.69, 9.17) is 0 Å². The van der Waals surface area contributed by atoms with Crippen LogP contribution in [-0.4, -0.2) is 43.1 Å². The highest BCUT2D eigenvalue weighted by atomic mass is 32.2. The van der Waals surface area contributed by atoms with Gasteiger partial charge in [-0.1, -0.05) is 42.5 Å². The number of likely N-dealkylation sites (N-methyl/N-ethyl adjacent to an activating group) is 2. The van der Waals surface area contributed by atoms with Crippen LogP contribution in [0.2, 0.25) is 0 Å². The molecule has 0 saturated carbocycles. The van der Waals surface area contributed by atoms with Crippen molar-refractivity contribution in [2.75, 3.05) is 27.4 Å². The molecule has 0 radical (unpaired) electrons. The Kier molecular flexibility index (Phi) is 6.25. The van der Waals surface area contributed by atoms with E-state index >= 15 is 0 Å². The molecule has 0 aliphatic rings. The van der Waals surface area contributed by atoms with Gasteiger partial charge in [-0.05, 0) is 36.6 Å². The monoisotopic (exact) mass is 328 g/mol. The van der Waals surface area contributed by atoms with Gasteiger partial charge in [0.2, 0.25) is 5.91 Å². The molecular weight excluding hydrogens is 304 g/mol. The SMILES string of the molecule is CSc1ccc(CN(C)[C@H](C(=O)N(C)C)c2ccccc2)cc1. The highest BCUT2D eigenvalue weighted by molar-refractivity contribution is 7.98. The molecular formula is C19H24N2OS. The van der Waals surface area contributed by atoms with E-state index in [0.29, 0.717) is 0 Å². The van der Waals surface area contributed by atoms with Crippen LogP contribution in [-0.2, 0) is 11.3 Å². The number of thioether (sulfide) groups is 1. The summed E-state index contributed by atoms with van der Waals surface area (Å²) in [6.07, 6.45) is 2.07. The first-order chi connectivity index (χ1) is 11.0. The Morgan fingerprint density at radius 3 is 2.13 bits per heavy atom. The molecule has 2 aromatic carbocycles. The van der Waals surface area contributed by atoms with Crippen LogP contribution in [0.5, 0.6) is 0 Å². The van der Waals surface area contributed by atoms with Crippen molar-refractivity contribution in [1.82, 2.24) is 9.80 Å². The standard InChI is InChI=1S/C19H24N2OS/c1-20(2)19(22)18(16-8-6-5-7-9-16)21(3)14-15-10-12-17(23-4)13-11-15/h5-13,18H,14H2,1-4H3/t18-/m0/s1. The van der Waals surface area contributed by atoms with Gasteiger partial charge in [-0.15, -0.1) is 11.8 Å².